The van der Waals surface area contributed by atoms with Crippen LogP contribution in [0.3, 0.4) is 0 Å². The third-order valence-electron chi connectivity index (χ3n) is 2.67. The van der Waals surface area contributed by atoms with Crippen molar-refractivity contribution in [3.8, 4) is 0 Å². The van der Waals surface area contributed by atoms with Crippen molar-refractivity contribution in [1.82, 2.24) is 0 Å². The number of carboxylic acids is 1. The monoisotopic (exact) mass is 201 g/mol. The van der Waals surface area contributed by atoms with Gasteiger partial charge in [0.2, 0.25) is 0 Å². The molecule has 3 atom stereocenters. The lowest BCUT2D eigenvalue weighted by atomic mass is 9.93. The number of carboxylic acid groups (broad SMARTS) is 1. The first-order valence-electron chi connectivity index (χ1n) is 5.27. The van der Waals surface area contributed by atoms with Gasteiger partial charge >= 0.3 is 5.97 Å². The highest BCUT2D eigenvalue weighted by Gasteiger charge is 2.25. The van der Waals surface area contributed by atoms with Gasteiger partial charge in [-0.25, -0.2) is 4.79 Å². The number of carbonyl (C=O) groups is 1. The van der Waals surface area contributed by atoms with Gasteiger partial charge in [0.15, 0.2) is 6.10 Å². The predicted octanol–water partition coefficient (Wildman–Crippen LogP) is 1.14. The Hall–Kier alpha value is -0.610. The van der Waals surface area contributed by atoms with Crippen molar-refractivity contribution < 1.29 is 14.6 Å². The van der Waals surface area contributed by atoms with E-state index in [1.807, 2.05) is 6.92 Å². The van der Waals surface area contributed by atoms with E-state index in [0.717, 1.165) is 25.7 Å². The number of nitrogens with two attached hydrogens (primary N) is 1. The Morgan fingerprint density at radius 2 is 2.36 bits per heavy atom. The van der Waals surface area contributed by atoms with Crippen LogP contribution in [0.1, 0.15) is 39.0 Å². The van der Waals surface area contributed by atoms with Crippen molar-refractivity contribution in [2.75, 3.05) is 0 Å². The van der Waals surface area contributed by atoms with E-state index in [2.05, 4.69) is 0 Å². The Kier molecular flexibility index (Phi) is 4.35. The molecule has 4 nitrogen and oxygen atoms in total. The summed E-state index contributed by atoms with van der Waals surface area (Å²) in [4.78, 5) is 10.7. The van der Waals surface area contributed by atoms with Gasteiger partial charge in [-0.1, -0.05) is 6.92 Å². The summed E-state index contributed by atoms with van der Waals surface area (Å²) in [7, 11) is 0. The molecule has 0 heterocycles. The summed E-state index contributed by atoms with van der Waals surface area (Å²) < 4.78 is 5.49. The summed E-state index contributed by atoms with van der Waals surface area (Å²) in [6, 6.07) is 0.181. The average molecular weight is 201 g/mol. The zero-order valence-corrected chi connectivity index (χ0v) is 8.61. The van der Waals surface area contributed by atoms with Crippen LogP contribution in [0.5, 0.6) is 0 Å². The fourth-order valence-corrected chi connectivity index (χ4v) is 1.87. The largest absolute Gasteiger partial charge is 0.479 e. The van der Waals surface area contributed by atoms with Crippen molar-refractivity contribution in [2.24, 2.45) is 5.73 Å². The SMILES string of the molecule is CCC(OC1CCCC(N)C1)C(=O)O. The molecule has 4 heteroatoms. The van der Waals surface area contributed by atoms with E-state index in [9.17, 15) is 4.79 Å². The molecule has 0 aliphatic heterocycles. The lowest BCUT2D eigenvalue weighted by Crippen LogP contribution is -2.36. The second-order valence-electron chi connectivity index (χ2n) is 3.92. The molecule has 1 aliphatic carbocycles. The van der Waals surface area contributed by atoms with Crippen LogP contribution in [0.25, 0.3) is 0 Å². The van der Waals surface area contributed by atoms with Gasteiger partial charge in [-0.15, -0.1) is 0 Å². The molecular formula is C10H19NO3. The van der Waals surface area contributed by atoms with E-state index in [-0.39, 0.29) is 12.1 Å². The average Bonchev–Trinajstić information content (AvgIpc) is 2.14. The van der Waals surface area contributed by atoms with Gasteiger partial charge in [0.25, 0.3) is 0 Å². The van der Waals surface area contributed by atoms with Crippen molar-refractivity contribution in [3.63, 3.8) is 0 Å². The maximum atomic E-state index is 10.7. The van der Waals surface area contributed by atoms with Crippen LogP contribution in [-0.4, -0.2) is 29.3 Å². The van der Waals surface area contributed by atoms with Crippen LogP contribution in [0, 0.1) is 0 Å². The van der Waals surface area contributed by atoms with E-state index in [1.54, 1.807) is 0 Å². The number of ether oxygens (including phenoxy) is 1. The normalized spacial score (nSPS) is 29.9. The smallest absolute Gasteiger partial charge is 0.332 e. The van der Waals surface area contributed by atoms with Gasteiger partial charge in [-0.05, 0) is 32.1 Å². The highest BCUT2D eigenvalue weighted by Crippen LogP contribution is 2.21. The molecule has 0 aromatic rings. The molecule has 1 fully saturated rings. The Morgan fingerprint density at radius 1 is 1.64 bits per heavy atom. The third kappa shape index (κ3) is 3.27. The maximum Gasteiger partial charge on any atom is 0.332 e. The van der Waals surface area contributed by atoms with E-state index in [0.29, 0.717) is 6.42 Å². The summed E-state index contributed by atoms with van der Waals surface area (Å²) in [6.45, 7) is 1.82. The molecule has 14 heavy (non-hydrogen) atoms. The third-order valence-corrected chi connectivity index (χ3v) is 2.67. The minimum Gasteiger partial charge on any atom is -0.479 e. The van der Waals surface area contributed by atoms with Crippen LogP contribution < -0.4 is 5.73 Å². The van der Waals surface area contributed by atoms with E-state index in [4.69, 9.17) is 15.6 Å². The predicted molar refractivity (Wildman–Crippen MR) is 53.0 cm³/mol. The van der Waals surface area contributed by atoms with E-state index >= 15 is 0 Å². The topological polar surface area (TPSA) is 72.5 Å². The molecule has 1 saturated carbocycles. The Morgan fingerprint density at radius 3 is 2.86 bits per heavy atom. The van der Waals surface area contributed by atoms with Crippen molar-refractivity contribution >= 4 is 5.97 Å². The molecule has 0 aromatic heterocycles. The van der Waals surface area contributed by atoms with Gasteiger partial charge in [0, 0.05) is 6.04 Å². The molecule has 0 radical (unpaired) electrons. The van der Waals surface area contributed by atoms with Crippen LogP contribution in [0.15, 0.2) is 0 Å². The quantitative estimate of drug-likeness (QED) is 0.715. The minimum absolute atomic E-state index is 0.0415. The molecule has 3 N–H and O–H groups in total. The summed E-state index contributed by atoms with van der Waals surface area (Å²) >= 11 is 0. The fraction of sp³-hybridized carbons (Fsp3) is 0.900. The summed E-state index contributed by atoms with van der Waals surface area (Å²) in [6.07, 6.45) is 3.71. The highest BCUT2D eigenvalue weighted by molar-refractivity contribution is 5.72. The number of aliphatic carboxylic acids is 1. The van der Waals surface area contributed by atoms with Gasteiger partial charge in [-0.3, -0.25) is 0 Å². The fourth-order valence-electron chi connectivity index (χ4n) is 1.87. The highest BCUT2D eigenvalue weighted by atomic mass is 16.5. The lowest BCUT2D eigenvalue weighted by molar-refractivity contribution is -0.156. The van der Waals surface area contributed by atoms with Gasteiger partial charge in [0.1, 0.15) is 0 Å². The standard InChI is InChI=1S/C10H19NO3/c1-2-9(10(12)13)14-8-5-3-4-7(11)6-8/h7-9H,2-6,11H2,1H3,(H,12,13). The first kappa shape index (κ1) is 11.5. The van der Waals surface area contributed by atoms with Crippen LogP contribution in [0.2, 0.25) is 0 Å². The van der Waals surface area contributed by atoms with E-state index < -0.39 is 12.1 Å². The Labute approximate surface area is 84.4 Å². The molecule has 3 unspecified atom stereocenters. The van der Waals surface area contributed by atoms with Crippen LogP contribution >= 0.6 is 0 Å². The molecule has 0 spiro atoms. The Balaban J connectivity index is 2.37. The molecule has 82 valence electrons. The molecule has 0 amide bonds. The van der Waals surface area contributed by atoms with E-state index in [1.165, 1.54) is 0 Å². The second-order valence-corrected chi connectivity index (χ2v) is 3.92. The molecule has 0 saturated heterocycles. The maximum absolute atomic E-state index is 10.7. The van der Waals surface area contributed by atoms with Gasteiger partial charge < -0.3 is 15.6 Å². The molecule has 0 bridgehead atoms. The zero-order chi connectivity index (χ0) is 10.6. The second kappa shape index (κ2) is 5.32. The zero-order valence-electron chi connectivity index (χ0n) is 8.61. The van der Waals surface area contributed by atoms with Crippen LogP contribution in [0.4, 0.5) is 0 Å². The molecule has 1 rings (SSSR count). The van der Waals surface area contributed by atoms with Crippen molar-refractivity contribution in [2.45, 2.75) is 57.3 Å². The van der Waals surface area contributed by atoms with Crippen molar-refractivity contribution in [1.29, 1.82) is 0 Å². The molecule has 1 aliphatic rings. The number of hydrogen-bond donors (Lipinski definition) is 2. The molecule has 0 aromatic carbocycles. The van der Waals surface area contributed by atoms with Gasteiger partial charge in [0.05, 0.1) is 6.10 Å². The number of hydrogen-bond acceptors (Lipinski definition) is 3. The Bertz CT molecular complexity index is 196. The van der Waals surface area contributed by atoms with Crippen molar-refractivity contribution in [3.05, 3.63) is 0 Å². The number of rotatable bonds is 4. The first-order chi connectivity index (χ1) is 6.63. The molecular weight excluding hydrogens is 182 g/mol. The minimum atomic E-state index is -0.869. The lowest BCUT2D eigenvalue weighted by Gasteiger charge is -2.28. The van der Waals surface area contributed by atoms with Crippen LogP contribution in [-0.2, 0) is 9.53 Å². The van der Waals surface area contributed by atoms with Gasteiger partial charge in [-0.2, -0.15) is 0 Å². The summed E-state index contributed by atoms with van der Waals surface area (Å²) in [5.74, 6) is -0.869. The summed E-state index contributed by atoms with van der Waals surface area (Å²) in [5.41, 5.74) is 5.79. The first-order valence-corrected chi connectivity index (χ1v) is 5.27. The summed E-state index contributed by atoms with van der Waals surface area (Å²) in [5, 5.41) is 8.81.